The van der Waals surface area contributed by atoms with E-state index in [9.17, 15) is 4.79 Å². The minimum absolute atomic E-state index is 0.318. The van der Waals surface area contributed by atoms with Gasteiger partial charge in [-0.25, -0.2) is 0 Å². The molecular formula is C25H22NO2P. The summed E-state index contributed by atoms with van der Waals surface area (Å²) in [5, 5.41) is 3.61. The van der Waals surface area contributed by atoms with Gasteiger partial charge < -0.3 is 0 Å². The van der Waals surface area contributed by atoms with Gasteiger partial charge in [0, 0.05) is 0 Å². The molecule has 0 saturated heterocycles. The quantitative estimate of drug-likeness (QED) is 0.364. The average Bonchev–Trinajstić information content (AvgIpc) is 2.82. The van der Waals surface area contributed by atoms with Crippen LogP contribution in [0.2, 0.25) is 0 Å². The number of hydrogen-bond acceptors (Lipinski definition) is 3. The molecule has 0 N–H and O–H groups in total. The molecular weight excluding hydrogens is 377 g/mol. The molecule has 1 aromatic heterocycles. The van der Waals surface area contributed by atoms with Crippen molar-refractivity contribution in [3.8, 4) is 0 Å². The van der Waals surface area contributed by atoms with Crippen molar-refractivity contribution in [1.29, 1.82) is 0 Å². The predicted molar refractivity (Wildman–Crippen MR) is 121 cm³/mol. The molecule has 3 nitrogen and oxygen atoms in total. The molecule has 4 aromatic rings. The van der Waals surface area contributed by atoms with Crippen LogP contribution < -0.4 is 15.9 Å². The van der Waals surface area contributed by atoms with Gasteiger partial charge in [0.25, 0.3) is 0 Å². The van der Waals surface area contributed by atoms with Gasteiger partial charge in [-0.3, -0.25) is 0 Å². The molecule has 0 spiro atoms. The molecule has 0 atom stereocenters. The van der Waals surface area contributed by atoms with E-state index in [1.54, 1.807) is 24.5 Å². The van der Waals surface area contributed by atoms with Gasteiger partial charge in [-0.2, -0.15) is 0 Å². The normalized spacial score (nSPS) is 11.6. The average molecular weight is 399 g/mol. The SMILES string of the molecule is O=C(OC[PH](c1ccccc1)(c1ccccc1)c1ccccc1)c1cccnc1. The molecule has 0 aliphatic rings. The molecule has 29 heavy (non-hydrogen) atoms. The van der Waals surface area contributed by atoms with Crippen molar-refractivity contribution < 1.29 is 9.53 Å². The first-order valence-electron chi connectivity index (χ1n) is 9.54. The van der Waals surface area contributed by atoms with Gasteiger partial charge in [-0.05, 0) is 0 Å². The zero-order chi connectivity index (χ0) is 19.9. The van der Waals surface area contributed by atoms with Gasteiger partial charge in [-0.1, -0.05) is 0 Å². The van der Waals surface area contributed by atoms with E-state index in [1.807, 2.05) is 54.6 Å². The van der Waals surface area contributed by atoms with Crippen molar-refractivity contribution in [3.05, 3.63) is 121 Å². The summed E-state index contributed by atoms with van der Waals surface area (Å²) < 4.78 is 5.94. The standard InChI is InChI=1S/C25H22NO2P/c27-25(21-11-10-18-26-19-21)28-20-29(22-12-4-1-5-13-22,23-14-6-2-7-15-23)24-16-8-3-9-17-24/h1-19,29H,20H2. The fraction of sp³-hybridized carbons (Fsp3) is 0.0400. The van der Waals surface area contributed by atoms with Gasteiger partial charge in [0.2, 0.25) is 0 Å². The van der Waals surface area contributed by atoms with Gasteiger partial charge >= 0.3 is 171 Å². The second-order valence-electron chi connectivity index (χ2n) is 6.82. The molecule has 0 unspecified atom stereocenters. The third-order valence-corrected chi connectivity index (χ3v) is 9.65. The number of carbonyl (C=O) groups excluding carboxylic acids is 1. The first-order valence-corrected chi connectivity index (χ1v) is 11.8. The monoisotopic (exact) mass is 399 g/mol. The van der Waals surface area contributed by atoms with Crippen LogP contribution >= 0.6 is 7.26 Å². The second kappa shape index (κ2) is 8.81. The molecule has 0 saturated carbocycles. The topological polar surface area (TPSA) is 39.2 Å². The third-order valence-electron chi connectivity index (χ3n) is 5.12. The summed E-state index contributed by atoms with van der Waals surface area (Å²) >= 11 is 0. The number of carbonyl (C=O) groups is 1. The van der Waals surface area contributed by atoms with Crippen LogP contribution in [-0.2, 0) is 4.74 Å². The Labute approximate surface area is 171 Å². The van der Waals surface area contributed by atoms with Crippen LogP contribution in [0.5, 0.6) is 0 Å². The van der Waals surface area contributed by atoms with Crippen molar-refractivity contribution in [1.82, 2.24) is 4.98 Å². The molecule has 1 heterocycles. The number of pyridine rings is 1. The van der Waals surface area contributed by atoms with Crippen LogP contribution in [0.15, 0.2) is 116 Å². The van der Waals surface area contributed by atoms with Crippen molar-refractivity contribution >= 4 is 29.1 Å². The van der Waals surface area contributed by atoms with E-state index in [1.165, 1.54) is 15.9 Å². The first kappa shape index (κ1) is 19.0. The molecule has 0 amide bonds. The van der Waals surface area contributed by atoms with E-state index in [4.69, 9.17) is 4.74 Å². The first-order chi connectivity index (χ1) is 14.3. The van der Waals surface area contributed by atoms with Crippen LogP contribution in [-0.4, -0.2) is 17.3 Å². The van der Waals surface area contributed by atoms with E-state index in [0.29, 0.717) is 11.9 Å². The summed E-state index contributed by atoms with van der Waals surface area (Å²) in [4.78, 5) is 16.8. The zero-order valence-electron chi connectivity index (χ0n) is 15.9. The fourth-order valence-corrected chi connectivity index (χ4v) is 7.79. The van der Waals surface area contributed by atoms with Crippen LogP contribution in [0.1, 0.15) is 10.4 Å². The maximum absolute atomic E-state index is 12.7. The molecule has 4 rings (SSSR count). The van der Waals surface area contributed by atoms with Crippen molar-refractivity contribution in [2.45, 2.75) is 0 Å². The summed E-state index contributed by atoms with van der Waals surface area (Å²) in [6, 6.07) is 34.7. The summed E-state index contributed by atoms with van der Waals surface area (Å²) in [5.41, 5.74) is 0.463. The third kappa shape index (κ3) is 3.96. The summed E-state index contributed by atoms with van der Waals surface area (Å²) in [7, 11) is -2.58. The minimum atomic E-state index is -2.58. The number of rotatable bonds is 6. The number of benzene rings is 3. The van der Waals surface area contributed by atoms with Gasteiger partial charge in [0.05, 0.1) is 0 Å². The Kier molecular flexibility index (Phi) is 5.79. The Balaban J connectivity index is 1.83. The summed E-state index contributed by atoms with van der Waals surface area (Å²) in [5.74, 6) is -0.349. The van der Waals surface area contributed by atoms with E-state index in [-0.39, 0.29) is 5.97 Å². The Morgan fingerprint density at radius 2 is 1.17 bits per heavy atom. The predicted octanol–water partition coefficient (Wildman–Crippen LogP) is 3.92. The van der Waals surface area contributed by atoms with E-state index >= 15 is 0 Å². The molecule has 144 valence electrons. The number of ether oxygens (including phenoxy) is 1. The molecule has 0 bridgehead atoms. The fourth-order valence-electron chi connectivity index (χ4n) is 3.66. The molecule has 0 aliphatic heterocycles. The van der Waals surface area contributed by atoms with E-state index < -0.39 is 7.26 Å². The molecule has 0 fully saturated rings. The molecule has 0 aliphatic carbocycles. The van der Waals surface area contributed by atoms with Crippen molar-refractivity contribution in [2.75, 3.05) is 6.35 Å². The van der Waals surface area contributed by atoms with Gasteiger partial charge in [0.15, 0.2) is 0 Å². The van der Waals surface area contributed by atoms with Gasteiger partial charge in [0.1, 0.15) is 0 Å². The zero-order valence-corrected chi connectivity index (χ0v) is 16.9. The van der Waals surface area contributed by atoms with Crippen molar-refractivity contribution in [2.24, 2.45) is 0 Å². The summed E-state index contributed by atoms with van der Waals surface area (Å²) in [6.07, 6.45) is 3.51. The number of esters is 1. The number of hydrogen-bond donors (Lipinski definition) is 0. The van der Waals surface area contributed by atoms with Crippen LogP contribution in [0.25, 0.3) is 0 Å². The summed E-state index contributed by atoms with van der Waals surface area (Å²) in [6.45, 7) is 0. The second-order valence-corrected chi connectivity index (χ2v) is 10.7. The van der Waals surface area contributed by atoms with Crippen molar-refractivity contribution in [3.63, 3.8) is 0 Å². The Hall–Kier alpha value is -3.29. The molecule has 3 aromatic carbocycles. The Morgan fingerprint density at radius 1 is 0.690 bits per heavy atom. The van der Waals surface area contributed by atoms with Crippen LogP contribution in [0.3, 0.4) is 0 Å². The Morgan fingerprint density at radius 3 is 1.59 bits per heavy atom. The number of nitrogens with zero attached hydrogens (tertiary/aromatic N) is 1. The van der Waals surface area contributed by atoms with Crippen LogP contribution in [0, 0.1) is 0 Å². The van der Waals surface area contributed by atoms with E-state index in [0.717, 1.165) is 0 Å². The van der Waals surface area contributed by atoms with E-state index in [2.05, 4.69) is 41.4 Å². The maximum atomic E-state index is 12.7. The van der Waals surface area contributed by atoms with Gasteiger partial charge in [-0.15, -0.1) is 0 Å². The Bertz CT molecular complexity index is 958. The van der Waals surface area contributed by atoms with Crippen LogP contribution in [0.4, 0.5) is 0 Å². The number of aromatic nitrogens is 1. The molecule has 0 radical (unpaired) electrons. The molecule has 4 heteroatoms.